The average Bonchev–Trinajstić information content (AvgIpc) is 2.76. The molecular weight excluding hydrogens is 528 g/mol. The van der Waals surface area contributed by atoms with Crippen LogP contribution in [0.4, 0.5) is 0 Å². The van der Waals surface area contributed by atoms with E-state index in [1.54, 1.807) is 42.1 Å². The maximum absolute atomic E-state index is 11.5. The van der Waals surface area contributed by atoms with Gasteiger partial charge in [0.2, 0.25) is 0 Å². The number of carboxylic acid groups (broad SMARTS) is 1. The van der Waals surface area contributed by atoms with Gasteiger partial charge in [0.15, 0.2) is 6.61 Å². The smallest absolute Gasteiger partial charge is 0.341 e. The van der Waals surface area contributed by atoms with E-state index in [4.69, 9.17) is 14.0 Å². The molecule has 0 amide bonds. The van der Waals surface area contributed by atoms with Gasteiger partial charge in [0, 0.05) is 15.1 Å². The lowest BCUT2D eigenvalue weighted by atomic mass is 9.98. The highest BCUT2D eigenvalue weighted by Gasteiger charge is 2.10. The van der Waals surface area contributed by atoms with Crippen molar-refractivity contribution in [3.05, 3.63) is 94.5 Å². The number of carbonyl (C=O) groups is 1. The van der Waals surface area contributed by atoms with Crippen molar-refractivity contribution >= 4 is 49.4 Å². The minimum atomic E-state index is -3.63. The lowest BCUT2D eigenvalue weighted by molar-refractivity contribution is -0.139. The molecule has 3 rings (SSSR count). The first-order chi connectivity index (χ1) is 15.7. The summed E-state index contributed by atoms with van der Waals surface area (Å²) in [7, 11) is -3.63. The standard InChI is InChI=1S/C24H21BrO6S2/c1-33(28,29)31-20-9-5-8-18(14-20)21(17-6-3-2-4-7-17)12-13-32-23-11-10-19(15-22(23)25)30-16-24(26)27/h2-12,14-15H,13,16H2,1H3,(H,26,27). The highest BCUT2D eigenvalue weighted by atomic mass is 79.9. The van der Waals surface area contributed by atoms with Gasteiger partial charge in [-0.2, -0.15) is 8.42 Å². The quantitative estimate of drug-likeness (QED) is 0.265. The van der Waals surface area contributed by atoms with Gasteiger partial charge in [-0.25, -0.2) is 4.79 Å². The van der Waals surface area contributed by atoms with Crippen LogP contribution >= 0.6 is 27.7 Å². The van der Waals surface area contributed by atoms with E-state index < -0.39 is 22.7 Å². The fourth-order valence-electron chi connectivity index (χ4n) is 2.96. The van der Waals surface area contributed by atoms with Crippen LogP contribution in [-0.2, 0) is 14.9 Å². The molecule has 3 aromatic rings. The second kappa shape index (κ2) is 11.4. The van der Waals surface area contributed by atoms with Crippen molar-refractivity contribution in [1.82, 2.24) is 0 Å². The van der Waals surface area contributed by atoms with Gasteiger partial charge in [-0.1, -0.05) is 48.5 Å². The van der Waals surface area contributed by atoms with Crippen molar-refractivity contribution in [3.63, 3.8) is 0 Å². The Morgan fingerprint density at radius 1 is 1.00 bits per heavy atom. The number of hydrogen-bond acceptors (Lipinski definition) is 6. The fourth-order valence-corrected chi connectivity index (χ4v) is 4.90. The molecule has 0 aromatic heterocycles. The minimum absolute atomic E-state index is 0.254. The van der Waals surface area contributed by atoms with E-state index >= 15 is 0 Å². The van der Waals surface area contributed by atoms with E-state index in [2.05, 4.69) is 22.0 Å². The Morgan fingerprint density at radius 2 is 1.73 bits per heavy atom. The summed E-state index contributed by atoms with van der Waals surface area (Å²) in [4.78, 5) is 11.6. The molecule has 0 atom stereocenters. The predicted octanol–water partition coefficient (Wildman–Crippen LogP) is 5.47. The first kappa shape index (κ1) is 24.9. The third-order valence-corrected chi connectivity index (χ3v) is 6.68. The molecule has 0 aliphatic rings. The molecule has 33 heavy (non-hydrogen) atoms. The van der Waals surface area contributed by atoms with Gasteiger partial charge in [-0.05, 0) is 63.0 Å². The van der Waals surface area contributed by atoms with Gasteiger partial charge in [-0.3, -0.25) is 0 Å². The molecule has 0 unspecified atom stereocenters. The minimum Gasteiger partial charge on any atom is -0.482 e. The number of rotatable bonds is 10. The van der Waals surface area contributed by atoms with Gasteiger partial charge in [0.25, 0.3) is 0 Å². The van der Waals surface area contributed by atoms with Crippen LogP contribution < -0.4 is 8.92 Å². The fraction of sp³-hybridized carbons (Fsp3) is 0.125. The molecule has 0 aliphatic heterocycles. The number of ether oxygens (including phenoxy) is 1. The molecule has 9 heteroatoms. The molecule has 172 valence electrons. The third-order valence-electron chi connectivity index (χ3n) is 4.27. The Morgan fingerprint density at radius 3 is 2.39 bits per heavy atom. The van der Waals surface area contributed by atoms with Gasteiger partial charge < -0.3 is 14.0 Å². The summed E-state index contributed by atoms with van der Waals surface area (Å²) in [6, 6.07) is 22.1. The summed E-state index contributed by atoms with van der Waals surface area (Å²) in [6.07, 6.45) is 3.08. The maximum atomic E-state index is 11.5. The Labute approximate surface area is 205 Å². The number of aliphatic carboxylic acids is 1. The number of hydrogen-bond donors (Lipinski definition) is 1. The van der Waals surface area contributed by atoms with E-state index in [0.717, 1.165) is 32.3 Å². The Hall–Kier alpha value is -2.75. The highest BCUT2D eigenvalue weighted by molar-refractivity contribution is 9.10. The summed E-state index contributed by atoms with van der Waals surface area (Å²) in [5, 5.41) is 8.74. The number of benzene rings is 3. The second-order valence-corrected chi connectivity index (χ2v) is 10.4. The Kier molecular flexibility index (Phi) is 8.60. The number of halogens is 1. The topological polar surface area (TPSA) is 89.9 Å². The molecule has 0 radical (unpaired) electrons. The zero-order chi connectivity index (χ0) is 23.8. The summed E-state index contributed by atoms with van der Waals surface area (Å²) >= 11 is 5.10. The van der Waals surface area contributed by atoms with Crippen LogP contribution in [0, 0.1) is 0 Å². The summed E-state index contributed by atoms with van der Waals surface area (Å²) in [6.45, 7) is -0.399. The van der Waals surface area contributed by atoms with Crippen LogP contribution in [-0.4, -0.2) is 38.1 Å². The molecule has 3 aromatic carbocycles. The lowest BCUT2D eigenvalue weighted by Crippen LogP contribution is -2.09. The monoisotopic (exact) mass is 548 g/mol. The molecule has 0 saturated carbocycles. The first-order valence-electron chi connectivity index (χ1n) is 9.74. The SMILES string of the molecule is CS(=O)(=O)Oc1cccc(C(=CCSc2ccc(OCC(=O)O)cc2Br)c2ccccc2)c1. The van der Waals surface area contributed by atoms with Crippen molar-refractivity contribution in [3.8, 4) is 11.5 Å². The van der Waals surface area contributed by atoms with Crippen LogP contribution in [0.25, 0.3) is 5.57 Å². The van der Waals surface area contributed by atoms with E-state index in [0.29, 0.717) is 11.5 Å². The molecule has 0 bridgehead atoms. The first-order valence-corrected chi connectivity index (χ1v) is 13.3. The van der Waals surface area contributed by atoms with Crippen LogP contribution in [0.1, 0.15) is 11.1 Å². The predicted molar refractivity (Wildman–Crippen MR) is 133 cm³/mol. The molecule has 0 saturated heterocycles. The second-order valence-electron chi connectivity index (χ2n) is 6.88. The summed E-state index contributed by atoms with van der Waals surface area (Å²) < 4.78 is 34.1. The number of thioether (sulfide) groups is 1. The van der Waals surface area contributed by atoms with Crippen molar-refractivity contribution in [1.29, 1.82) is 0 Å². The average molecular weight is 549 g/mol. The van der Waals surface area contributed by atoms with Crippen LogP contribution in [0.5, 0.6) is 11.5 Å². The molecule has 1 N–H and O–H groups in total. The van der Waals surface area contributed by atoms with Gasteiger partial charge in [0.05, 0.1) is 6.26 Å². The third kappa shape index (κ3) is 7.96. The normalized spacial score (nSPS) is 11.8. The van der Waals surface area contributed by atoms with Crippen LogP contribution in [0.15, 0.2) is 88.2 Å². The molecular formula is C24H21BrO6S2. The zero-order valence-electron chi connectivity index (χ0n) is 17.6. The Bertz CT molecular complexity index is 1260. The molecule has 0 fully saturated rings. The van der Waals surface area contributed by atoms with Gasteiger partial charge in [0.1, 0.15) is 11.5 Å². The molecule has 0 heterocycles. The highest BCUT2D eigenvalue weighted by Crippen LogP contribution is 2.33. The van der Waals surface area contributed by atoms with E-state index in [1.807, 2.05) is 42.5 Å². The maximum Gasteiger partial charge on any atom is 0.341 e. The summed E-state index contributed by atoms with van der Waals surface area (Å²) in [5.74, 6) is 0.324. The van der Waals surface area contributed by atoms with Gasteiger partial charge >= 0.3 is 16.1 Å². The van der Waals surface area contributed by atoms with E-state index in [-0.39, 0.29) is 5.75 Å². The summed E-state index contributed by atoms with van der Waals surface area (Å²) in [5.41, 5.74) is 2.77. The van der Waals surface area contributed by atoms with E-state index in [1.165, 1.54) is 0 Å². The molecule has 0 aliphatic carbocycles. The lowest BCUT2D eigenvalue weighted by Gasteiger charge is -2.11. The molecule has 6 nitrogen and oxygen atoms in total. The number of carboxylic acids is 1. The Balaban J connectivity index is 1.83. The van der Waals surface area contributed by atoms with Crippen LogP contribution in [0.3, 0.4) is 0 Å². The zero-order valence-corrected chi connectivity index (χ0v) is 20.8. The molecule has 0 spiro atoms. The van der Waals surface area contributed by atoms with Crippen molar-refractivity contribution in [2.45, 2.75) is 4.90 Å². The van der Waals surface area contributed by atoms with Crippen molar-refractivity contribution in [2.24, 2.45) is 0 Å². The van der Waals surface area contributed by atoms with Crippen molar-refractivity contribution in [2.75, 3.05) is 18.6 Å². The van der Waals surface area contributed by atoms with Crippen LogP contribution in [0.2, 0.25) is 0 Å². The largest absolute Gasteiger partial charge is 0.482 e. The van der Waals surface area contributed by atoms with Crippen molar-refractivity contribution < 1.29 is 27.2 Å². The van der Waals surface area contributed by atoms with Gasteiger partial charge in [-0.15, -0.1) is 11.8 Å². The van der Waals surface area contributed by atoms with E-state index in [9.17, 15) is 13.2 Å².